The molecule has 81 valence electrons. The van der Waals surface area contributed by atoms with Gasteiger partial charge in [0.2, 0.25) is 0 Å². The maximum absolute atomic E-state index is 3.34. The van der Waals surface area contributed by atoms with E-state index in [0.29, 0.717) is 0 Å². The zero-order valence-electron chi connectivity index (χ0n) is 9.92. The second-order valence-corrected chi connectivity index (χ2v) is 4.07. The molecule has 0 aromatic heterocycles. The van der Waals surface area contributed by atoms with E-state index in [1.54, 1.807) is 0 Å². The molecule has 1 aromatic carbocycles. The lowest BCUT2D eigenvalue weighted by Gasteiger charge is -1.96. The van der Waals surface area contributed by atoms with Gasteiger partial charge in [-0.2, -0.15) is 0 Å². The van der Waals surface area contributed by atoms with Crippen molar-refractivity contribution in [2.24, 2.45) is 0 Å². The highest BCUT2D eigenvalue weighted by atomic mass is 13.9. The predicted octanol–water partition coefficient (Wildman–Crippen LogP) is 4.67. The fourth-order valence-electron chi connectivity index (χ4n) is 1.60. The number of unbranched alkanes of at least 4 members (excludes halogenated alkanes) is 4. The summed E-state index contributed by atoms with van der Waals surface area (Å²) in [6.45, 7) is 4.36. The molecular formula is C15H21. The minimum absolute atomic E-state index is 1.16. The lowest BCUT2D eigenvalue weighted by molar-refractivity contribution is 0.674. The van der Waals surface area contributed by atoms with Crippen molar-refractivity contribution >= 4 is 0 Å². The van der Waals surface area contributed by atoms with E-state index in [9.17, 15) is 0 Å². The summed E-state index contributed by atoms with van der Waals surface area (Å²) in [5.41, 5.74) is 2.50. The normalized spacial score (nSPS) is 11.1. The number of allylic oxidation sites excluding steroid dienone is 1. The minimum Gasteiger partial charge on any atom is -0.0760 e. The van der Waals surface area contributed by atoms with E-state index in [4.69, 9.17) is 0 Å². The average molecular weight is 201 g/mol. The van der Waals surface area contributed by atoms with E-state index in [1.807, 2.05) is 0 Å². The summed E-state index contributed by atoms with van der Waals surface area (Å²) in [6.07, 6.45) is 12.0. The van der Waals surface area contributed by atoms with Gasteiger partial charge in [-0.15, -0.1) is 0 Å². The third kappa shape index (κ3) is 5.41. The van der Waals surface area contributed by atoms with Crippen LogP contribution < -0.4 is 0 Å². The molecule has 0 N–H and O–H groups in total. The lowest BCUT2D eigenvalue weighted by Crippen LogP contribution is -1.77. The van der Waals surface area contributed by atoms with E-state index < -0.39 is 0 Å². The third-order valence-corrected chi connectivity index (χ3v) is 2.49. The van der Waals surface area contributed by atoms with Crippen LogP contribution in [0.5, 0.6) is 0 Å². The minimum atomic E-state index is 1.16. The van der Waals surface area contributed by atoms with Crippen LogP contribution in [0.15, 0.2) is 30.3 Å². The van der Waals surface area contributed by atoms with Gasteiger partial charge >= 0.3 is 0 Å². The topological polar surface area (TPSA) is 0 Å². The quantitative estimate of drug-likeness (QED) is 0.586. The standard InChI is InChI=1S/C15H21/c1-3-4-5-6-7-8-11-15-12-9-10-14(2)13-15/h8-10,12-13H,3-7H2,1-2H3. The van der Waals surface area contributed by atoms with Gasteiger partial charge < -0.3 is 0 Å². The Hall–Kier alpha value is -1.04. The number of rotatable bonds is 6. The molecule has 0 spiro atoms. The highest BCUT2D eigenvalue weighted by Gasteiger charge is 1.88. The van der Waals surface area contributed by atoms with E-state index >= 15 is 0 Å². The van der Waals surface area contributed by atoms with Gasteiger partial charge in [-0.1, -0.05) is 62.1 Å². The Kier molecular flexibility index (Phi) is 5.84. The van der Waals surface area contributed by atoms with Crippen LogP contribution in [0.4, 0.5) is 0 Å². The van der Waals surface area contributed by atoms with Crippen molar-refractivity contribution in [3.05, 3.63) is 47.5 Å². The molecule has 15 heavy (non-hydrogen) atoms. The molecule has 1 radical (unpaired) electrons. The third-order valence-electron chi connectivity index (χ3n) is 2.49. The van der Waals surface area contributed by atoms with E-state index in [0.717, 1.165) is 6.42 Å². The van der Waals surface area contributed by atoms with Crippen molar-refractivity contribution in [1.29, 1.82) is 0 Å². The number of benzene rings is 1. The zero-order valence-corrected chi connectivity index (χ0v) is 9.92. The van der Waals surface area contributed by atoms with Gasteiger partial charge in [-0.3, -0.25) is 0 Å². The largest absolute Gasteiger partial charge is 0.0760 e. The first-order valence-electron chi connectivity index (χ1n) is 5.98. The summed E-state index contributed by atoms with van der Waals surface area (Å²) in [7, 11) is 0. The van der Waals surface area contributed by atoms with E-state index in [2.05, 4.69) is 50.3 Å². The van der Waals surface area contributed by atoms with Gasteiger partial charge in [-0.05, 0) is 31.4 Å². The van der Waals surface area contributed by atoms with Crippen molar-refractivity contribution in [3.63, 3.8) is 0 Å². The lowest BCUT2D eigenvalue weighted by atomic mass is 10.1. The van der Waals surface area contributed by atoms with Gasteiger partial charge in [-0.25, -0.2) is 0 Å². The molecule has 0 bridgehead atoms. The predicted molar refractivity (Wildman–Crippen MR) is 66.9 cm³/mol. The van der Waals surface area contributed by atoms with Gasteiger partial charge in [0.05, 0.1) is 0 Å². The molecule has 1 aromatic rings. The molecule has 0 saturated heterocycles. The summed E-state index contributed by atoms with van der Waals surface area (Å²) in [5.74, 6) is 0. The summed E-state index contributed by atoms with van der Waals surface area (Å²) >= 11 is 0. The zero-order chi connectivity index (χ0) is 10.9. The van der Waals surface area contributed by atoms with Gasteiger partial charge in [0.15, 0.2) is 0 Å². The molecule has 0 aliphatic carbocycles. The second kappa shape index (κ2) is 7.28. The second-order valence-electron chi connectivity index (χ2n) is 4.07. The molecule has 0 unspecified atom stereocenters. The Morgan fingerprint density at radius 2 is 2.07 bits per heavy atom. The smallest absolute Gasteiger partial charge is 0.0148 e. The van der Waals surface area contributed by atoms with Crippen LogP contribution in [-0.2, 0) is 0 Å². The van der Waals surface area contributed by atoms with Crippen LogP contribution in [0.2, 0.25) is 0 Å². The SMILES string of the molecule is CCCCCC/C=[C]\c1cccc(C)c1. The Balaban J connectivity index is 2.26. The van der Waals surface area contributed by atoms with Crippen LogP contribution >= 0.6 is 0 Å². The first-order valence-corrected chi connectivity index (χ1v) is 5.98. The van der Waals surface area contributed by atoms with Crippen LogP contribution in [0, 0.1) is 13.0 Å². The van der Waals surface area contributed by atoms with Crippen LogP contribution in [0.1, 0.15) is 50.2 Å². The Labute approximate surface area is 94.0 Å². The molecular weight excluding hydrogens is 180 g/mol. The van der Waals surface area contributed by atoms with Crippen LogP contribution in [0.25, 0.3) is 0 Å². The maximum Gasteiger partial charge on any atom is -0.0148 e. The highest BCUT2D eigenvalue weighted by Crippen LogP contribution is 2.06. The van der Waals surface area contributed by atoms with Crippen LogP contribution in [0.3, 0.4) is 0 Å². The molecule has 0 aliphatic heterocycles. The maximum atomic E-state index is 3.34. The molecule has 0 saturated carbocycles. The number of hydrogen-bond acceptors (Lipinski definition) is 0. The molecule has 0 aliphatic rings. The van der Waals surface area contributed by atoms with Gasteiger partial charge in [0.25, 0.3) is 0 Å². The molecule has 0 nitrogen and oxygen atoms in total. The molecule has 0 heteroatoms. The molecule has 0 fully saturated rings. The fraction of sp³-hybridized carbons (Fsp3) is 0.467. The average Bonchev–Trinajstić information content (AvgIpc) is 2.23. The summed E-state index contributed by atoms with van der Waals surface area (Å²) < 4.78 is 0. The van der Waals surface area contributed by atoms with Crippen molar-refractivity contribution < 1.29 is 0 Å². The van der Waals surface area contributed by atoms with E-state index in [-0.39, 0.29) is 0 Å². The monoisotopic (exact) mass is 201 g/mol. The van der Waals surface area contributed by atoms with E-state index in [1.165, 1.54) is 36.8 Å². The first-order chi connectivity index (χ1) is 7.33. The first kappa shape index (κ1) is 12.0. The summed E-state index contributed by atoms with van der Waals surface area (Å²) in [5, 5.41) is 0. The number of aryl methyl sites for hydroxylation is 1. The van der Waals surface area contributed by atoms with Gasteiger partial charge in [0, 0.05) is 0 Å². The molecule has 0 heterocycles. The number of hydrogen-bond donors (Lipinski definition) is 0. The Morgan fingerprint density at radius 1 is 1.20 bits per heavy atom. The highest BCUT2D eigenvalue weighted by molar-refractivity contribution is 5.27. The van der Waals surface area contributed by atoms with Gasteiger partial charge in [0.1, 0.15) is 0 Å². The van der Waals surface area contributed by atoms with Crippen LogP contribution in [-0.4, -0.2) is 0 Å². The van der Waals surface area contributed by atoms with Crippen molar-refractivity contribution in [1.82, 2.24) is 0 Å². The van der Waals surface area contributed by atoms with Crippen molar-refractivity contribution in [2.45, 2.75) is 46.0 Å². The fourth-order valence-corrected chi connectivity index (χ4v) is 1.60. The summed E-state index contributed by atoms with van der Waals surface area (Å²) in [4.78, 5) is 0. The van der Waals surface area contributed by atoms with Crippen molar-refractivity contribution in [3.8, 4) is 0 Å². The summed E-state index contributed by atoms with van der Waals surface area (Å²) in [6, 6.07) is 8.48. The Morgan fingerprint density at radius 3 is 2.80 bits per heavy atom. The Bertz CT molecular complexity index is 297. The molecule has 1 rings (SSSR count). The molecule has 0 amide bonds. The molecule has 0 atom stereocenters. The van der Waals surface area contributed by atoms with Crippen molar-refractivity contribution in [2.75, 3.05) is 0 Å².